The molecule has 0 amide bonds. The van der Waals surface area contributed by atoms with E-state index in [1.54, 1.807) is 6.82 Å². The highest BCUT2D eigenvalue weighted by Crippen LogP contribution is 2.40. The fourth-order valence-electron chi connectivity index (χ4n) is 3.96. The van der Waals surface area contributed by atoms with Gasteiger partial charge in [0.25, 0.3) is 0 Å². The van der Waals surface area contributed by atoms with Crippen LogP contribution in [-0.2, 0) is 20.4 Å². The SMILES string of the molecule is CB(O)N1CCC(CCO[Si](C)(C)C(C)(C)C)(C(=O)CC(=O)Cc2ccccc2)CC1. The van der Waals surface area contributed by atoms with Crippen LogP contribution in [0, 0.1) is 5.41 Å². The molecule has 0 saturated carbocycles. The Bertz CT molecular complexity index is 738. The minimum absolute atomic E-state index is 0.0241. The molecular formula is C24H40BNO4Si. The molecule has 0 bridgehead atoms. The maximum atomic E-state index is 13.4. The fraction of sp³-hybridized carbons (Fsp3) is 0.667. The van der Waals surface area contributed by atoms with Crippen molar-refractivity contribution in [3.05, 3.63) is 35.9 Å². The van der Waals surface area contributed by atoms with E-state index in [0.29, 0.717) is 45.4 Å². The second-order valence-electron chi connectivity index (χ2n) is 10.6. The number of carbonyl (C=O) groups is 2. The zero-order chi connectivity index (χ0) is 23.3. The van der Waals surface area contributed by atoms with E-state index < -0.39 is 20.8 Å². The number of benzene rings is 1. The van der Waals surface area contributed by atoms with E-state index in [4.69, 9.17) is 4.43 Å². The number of Topliss-reactive ketones (excluding diaryl/α,β-unsaturated/α-hetero) is 2. The first kappa shape index (κ1) is 26.0. The average Bonchev–Trinajstić information content (AvgIpc) is 2.68. The van der Waals surface area contributed by atoms with E-state index in [2.05, 4.69) is 33.9 Å². The smallest absolute Gasteiger partial charge is 0.376 e. The average molecular weight is 445 g/mol. The van der Waals surface area contributed by atoms with Gasteiger partial charge in [0.2, 0.25) is 0 Å². The van der Waals surface area contributed by atoms with Gasteiger partial charge in [-0.05, 0) is 62.9 Å². The van der Waals surface area contributed by atoms with Crippen LogP contribution >= 0.6 is 0 Å². The Morgan fingerprint density at radius 1 is 1.16 bits per heavy atom. The van der Waals surface area contributed by atoms with E-state index in [-0.39, 0.29) is 23.0 Å². The maximum Gasteiger partial charge on any atom is 0.376 e. The highest BCUT2D eigenvalue weighted by atomic mass is 28.4. The van der Waals surface area contributed by atoms with Gasteiger partial charge in [-0.15, -0.1) is 0 Å². The van der Waals surface area contributed by atoms with Crippen LogP contribution in [-0.4, -0.2) is 56.5 Å². The molecule has 0 aliphatic carbocycles. The summed E-state index contributed by atoms with van der Waals surface area (Å²) in [5.74, 6) is 0.0105. The fourth-order valence-corrected chi connectivity index (χ4v) is 5.01. The molecule has 0 radical (unpaired) electrons. The number of hydrogen-bond donors (Lipinski definition) is 1. The van der Waals surface area contributed by atoms with Gasteiger partial charge in [0.1, 0.15) is 11.6 Å². The highest BCUT2D eigenvalue weighted by Gasteiger charge is 2.43. The normalized spacial score (nSPS) is 17.4. The topological polar surface area (TPSA) is 66.8 Å². The van der Waals surface area contributed by atoms with Crippen molar-refractivity contribution in [2.75, 3.05) is 19.7 Å². The van der Waals surface area contributed by atoms with Crippen molar-refractivity contribution in [2.24, 2.45) is 5.41 Å². The summed E-state index contributed by atoms with van der Waals surface area (Å²) in [6.07, 6.45) is 2.24. The van der Waals surface area contributed by atoms with Gasteiger partial charge in [0, 0.05) is 18.4 Å². The van der Waals surface area contributed by atoms with Crippen LogP contribution in [0.2, 0.25) is 25.0 Å². The van der Waals surface area contributed by atoms with E-state index in [9.17, 15) is 14.6 Å². The minimum Gasteiger partial charge on any atom is -0.437 e. The molecule has 0 atom stereocenters. The predicted octanol–water partition coefficient (Wildman–Crippen LogP) is 4.36. The highest BCUT2D eigenvalue weighted by molar-refractivity contribution is 6.74. The van der Waals surface area contributed by atoms with Crippen LogP contribution in [0.1, 0.15) is 52.0 Å². The van der Waals surface area contributed by atoms with E-state index in [1.807, 2.05) is 35.1 Å². The van der Waals surface area contributed by atoms with Gasteiger partial charge in [-0.25, -0.2) is 0 Å². The number of nitrogens with zero attached hydrogens (tertiary/aromatic N) is 1. The second kappa shape index (κ2) is 10.6. The standard InChI is InChI=1S/C24H40BNO4Si/c1-23(2,3)31(5,6)30-17-14-24(12-15-26(16-13-24)25(4)29)22(28)19-21(27)18-20-10-8-7-9-11-20/h7-11,29H,12-19H2,1-6H3. The first-order chi connectivity index (χ1) is 14.4. The Balaban J connectivity index is 2.07. The van der Waals surface area contributed by atoms with Gasteiger partial charge >= 0.3 is 7.05 Å². The summed E-state index contributed by atoms with van der Waals surface area (Å²) in [4.78, 5) is 28.0. The molecule has 172 valence electrons. The molecule has 1 aliphatic heterocycles. The summed E-state index contributed by atoms with van der Waals surface area (Å²) in [5, 5.41) is 10.1. The van der Waals surface area contributed by atoms with Crippen molar-refractivity contribution in [1.29, 1.82) is 0 Å². The van der Waals surface area contributed by atoms with E-state index >= 15 is 0 Å². The Hall–Kier alpha value is -1.28. The molecule has 5 nitrogen and oxygen atoms in total. The summed E-state index contributed by atoms with van der Waals surface area (Å²) in [6, 6.07) is 9.59. The molecule has 0 unspecified atom stereocenters. The molecule has 1 aliphatic rings. The van der Waals surface area contributed by atoms with Gasteiger partial charge in [0.05, 0.1) is 6.42 Å². The lowest BCUT2D eigenvalue weighted by Gasteiger charge is -2.42. The zero-order valence-electron chi connectivity index (χ0n) is 20.2. The Labute approximate surface area is 189 Å². The number of piperidine rings is 1. The van der Waals surface area contributed by atoms with Gasteiger partial charge in [-0.3, -0.25) is 9.59 Å². The summed E-state index contributed by atoms with van der Waals surface area (Å²) in [6.45, 7) is 14.7. The Morgan fingerprint density at radius 3 is 2.26 bits per heavy atom. The van der Waals surface area contributed by atoms with Gasteiger partial charge in [-0.2, -0.15) is 0 Å². The van der Waals surface area contributed by atoms with Crippen molar-refractivity contribution < 1.29 is 19.0 Å². The molecule has 1 fully saturated rings. The second-order valence-corrected chi connectivity index (χ2v) is 15.4. The first-order valence-electron chi connectivity index (χ1n) is 11.5. The van der Waals surface area contributed by atoms with Crippen molar-refractivity contribution >= 4 is 26.9 Å². The molecule has 1 aromatic rings. The van der Waals surface area contributed by atoms with Gasteiger partial charge < -0.3 is 14.3 Å². The third kappa shape index (κ3) is 7.11. The van der Waals surface area contributed by atoms with Crippen LogP contribution in [0.15, 0.2) is 30.3 Å². The number of carbonyl (C=O) groups excluding carboxylic acids is 2. The quantitative estimate of drug-likeness (QED) is 0.428. The molecule has 0 aromatic heterocycles. The number of hydrogen-bond acceptors (Lipinski definition) is 5. The van der Waals surface area contributed by atoms with Crippen LogP contribution in [0.4, 0.5) is 0 Å². The van der Waals surface area contributed by atoms with Crippen LogP contribution < -0.4 is 0 Å². The summed E-state index contributed by atoms with van der Waals surface area (Å²) < 4.78 is 6.39. The van der Waals surface area contributed by atoms with Crippen LogP contribution in [0.5, 0.6) is 0 Å². The zero-order valence-corrected chi connectivity index (χ0v) is 21.2. The van der Waals surface area contributed by atoms with Crippen molar-refractivity contribution in [2.45, 2.75) is 77.8 Å². The molecule has 1 heterocycles. The molecule has 31 heavy (non-hydrogen) atoms. The van der Waals surface area contributed by atoms with Gasteiger partial charge in [-0.1, -0.05) is 51.1 Å². The number of ketones is 2. The molecule has 1 aromatic carbocycles. The predicted molar refractivity (Wildman–Crippen MR) is 130 cm³/mol. The lowest BCUT2D eigenvalue weighted by atomic mass is 9.68. The number of rotatable bonds is 10. The monoisotopic (exact) mass is 445 g/mol. The molecule has 0 spiro atoms. The van der Waals surface area contributed by atoms with Gasteiger partial charge in [0.15, 0.2) is 8.32 Å². The molecule has 1 N–H and O–H groups in total. The molecule has 1 saturated heterocycles. The van der Waals surface area contributed by atoms with Crippen molar-refractivity contribution in [1.82, 2.24) is 4.81 Å². The molecule has 7 heteroatoms. The van der Waals surface area contributed by atoms with Crippen LogP contribution in [0.3, 0.4) is 0 Å². The van der Waals surface area contributed by atoms with Crippen molar-refractivity contribution in [3.8, 4) is 0 Å². The Morgan fingerprint density at radius 2 is 1.74 bits per heavy atom. The third-order valence-corrected chi connectivity index (χ3v) is 11.9. The van der Waals surface area contributed by atoms with E-state index in [0.717, 1.165) is 5.56 Å². The summed E-state index contributed by atoms with van der Waals surface area (Å²) >= 11 is 0. The lowest BCUT2D eigenvalue weighted by Crippen LogP contribution is -2.50. The maximum absolute atomic E-state index is 13.4. The largest absolute Gasteiger partial charge is 0.437 e. The van der Waals surface area contributed by atoms with Crippen molar-refractivity contribution in [3.63, 3.8) is 0 Å². The van der Waals surface area contributed by atoms with Crippen LogP contribution in [0.25, 0.3) is 0 Å². The Kier molecular flexibility index (Phi) is 8.85. The molecule has 2 rings (SSSR count). The summed E-state index contributed by atoms with van der Waals surface area (Å²) in [7, 11) is -2.42. The third-order valence-electron chi connectivity index (χ3n) is 7.33. The first-order valence-corrected chi connectivity index (χ1v) is 14.4. The lowest BCUT2D eigenvalue weighted by molar-refractivity contribution is -0.136. The molecular weight excluding hydrogens is 405 g/mol. The minimum atomic E-state index is -1.90. The summed E-state index contributed by atoms with van der Waals surface area (Å²) in [5.41, 5.74) is 0.402. The van der Waals surface area contributed by atoms with E-state index in [1.165, 1.54) is 0 Å².